The quantitative estimate of drug-likeness (QED) is 0.662. The van der Waals surface area contributed by atoms with Crippen LogP contribution in [-0.4, -0.2) is 36.1 Å². The molecule has 7 nitrogen and oxygen atoms in total. The highest BCUT2D eigenvalue weighted by Gasteiger charge is 2.07. The first-order valence-corrected chi connectivity index (χ1v) is 6.19. The Morgan fingerprint density at radius 1 is 1.29 bits per heavy atom. The van der Waals surface area contributed by atoms with E-state index >= 15 is 0 Å². The molecule has 0 fully saturated rings. The van der Waals surface area contributed by atoms with Crippen LogP contribution in [0.3, 0.4) is 0 Å². The summed E-state index contributed by atoms with van der Waals surface area (Å²) in [4.78, 5) is 11.7. The molecule has 0 aliphatic carbocycles. The summed E-state index contributed by atoms with van der Waals surface area (Å²) in [5.74, 6) is 0.858. The normalized spacial score (nSPS) is 10.6. The Morgan fingerprint density at radius 2 is 2.05 bits per heavy atom. The third-order valence-electron chi connectivity index (χ3n) is 2.73. The zero-order valence-electron chi connectivity index (χ0n) is 12.0. The monoisotopic (exact) mass is 288 g/mol. The van der Waals surface area contributed by atoms with Gasteiger partial charge in [0.2, 0.25) is 0 Å². The molecular formula is C14H16N4O3. The second-order valence-corrected chi connectivity index (χ2v) is 4.19. The first-order valence-electron chi connectivity index (χ1n) is 6.19. The molecule has 7 heteroatoms. The number of aryl methyl sites for hydroxylation is 1. The van der Waals surface area contributed by atoms with E-state index in [-0.39, 0.29) is 5.91 Å². The van der Waals surface area contributed by atoms with E-state index < -0.39 is 0 Å². The molecular weight excluding hydrogens is 272 g/mol. The number of nitrogens with zero attached hydrogens (tertiary/aromatic N) is 3. The summed E-state index contributed by atoms with van der Waals surface area (Å²) in [5.41, 5.74) is 3.49. The molecule has 0 aliphatic heterocycles. The van der Waals surface area contributed by atoms with Crippen LogP contribution in [0.4, 0.5) is 0 Å². The van der Waals surface area contributed by atoms with Crippen LogP contribution in [-0.2, 0) is 7.05 Å². The molecule has 0 aliphatic rings. The van der Waals surface area contributed by atoms with Crippen LogP contribution in [0.15, 0.2) is 35.6 Å². The van der Waals surface area contributed by atoms with Crippen molar-refractivity contribution < 1.29 is 14.3 Å². The fraction of sp³-hybridized carbons (Fsp3) is 0.214. The van der Waals surface area contributed by atoms with E-state index in [1.165, 1.54) is 6.21 Å². The summed E-state index contributed by atoms with van der Waals surface area (Å²) < 4.78 is 11.9. The first kappa shape index (κ1) is 14.6. The molecule has 0 spiro atoms. The lowest BCUT2D eigenvalue weighted by molar-refractivity contribution is 0.0949. The number of hydrogen-bond acceptors (Lipinski definition) is 5. The number of methoxy groups -OCH3 is 2. The van der Waals surface area contributed by atoms with Gasteiger partial charge in [0.1, 0.15) is 0 Å². The van der Waals surface area contributed by atoms with Crippen LogP contribution < -0.4 is 14.9 Å². The van der Waals surface area contributed by atoms with Crippen molar-refractivity contribution in [2.24, 2.45) is 12.1 Å². The molecule has 0 bridgehead atoms. The maximum absolute atomic E-state index is 11.7. The summed E-state index contributed by atoms with van der Waals surface area (Å²) in [6.45, 7) is 0. The van der Waals surface area contributed by atoms with E-state index in [0.29, 0.717) is 17.2 Å². The molecule has 1 N–H and O–H groups in total. The first-order chi connectivity index (χ1) is 10.1. The smallest absolute Gasteiger partial charge is 0.291 e. The maximum atomic E-state index is 11.7. The number of aromatic nitrogens is 2. The molecule has 0 radical (unpaired) electrons. The summed E-state index contributed by atoms with van der Waals surface area (Å²) in [7, 11) is 4.87. The van der Waals surface area contributed by atoms with Crippen LogP contribution in [0, 0.1) is 0 Å². The summed E-state index contributed by atoms with van der Waals surface area (Å²) in [6, 6.07) is 6.94. The van der Waals surface area contributed by atoms with Gasteiger partial charge in [-0.15, -0.1) is 0 Å². The van der Waals surface area contributed by atoms with E-state index in [1.807, 2.05) is 0 Å². The van der Waals surface area contributed by atoms with Gasteiger partial charge in [0.05, 0.1) is 20.4 Å². The predicted molar refractivity (Wildman–Crippen MR) is 77.8 cm³/mol. The minimum Gasteiger partial charge on any atom is -0.493 e. The van der Waals surface area contributed by atoms with Gasteiger partial charge >= 0.3 is 0 Å². The van der Waals surface area contributed by atoms with Crippen molar-refractivity contribution in [2.75, 3.05) is 14.2 Å². The SMILES string of the molecule is COc1ccc(C=NNC(=O)c2ccn(C)n2)cc1OC. The van der Waals surface area contributed by atoms with Crippen LogP contribution in [0.25, 0.3) is 0 Å². The number of rotatable bonds is 5. The Kier molecular flexibility index (Phi) is 4.55. The van der Waals surface area contributed by atoms with E-state index in [2.05, 4.69) is 15.6 Å². The van der Waals surface area contributed by atoms with E-state index in [0.717, 1.165) is 5.56 Å². The molecule has 21 heavy (non-hydrogen) atoms. The lowest BCUT2D eigenvalue weighted by atomic mass is 10.2. The third kappa shape index (κ3) is 3.59. The average Bonchev–Trinajstić information content (AvgIpc) is 2.93. The molecule has 1 aromatic heterocycles. The molecule has 1 heterocycles. The highest BCUT2D eigenvalue weighted by atomic mass is 16.5. The predicted octanol–water partition coefficient (Wildman–Crippen LogP) is 1.20. The minimum absolute atomic E-state index is 0.307. The highest BCUT2D eigenvalue weighted by Crippen LogP contribution is 2.26. The van der Waals surface area contributed by atoms with Gasteiger partial charge in [0.15, 0.2) is 17.2 Å². The number of carbonyl (C=O) groups excluding carboxylic acids is 1. The number of benzene rings is 1. The number of ether oxygens (including phenoxy) is 2. The van der Waals surface area contributed by atoms with E-state index in [9.17, 15) is 4.79 Å². The second kappa shape index (κ2) is 6.56. The molecule has 1 amide bonds. The zero-order chi connectivity index (χ0) is 15.2. The molecule has 0 saturated carbocycles. The average molecular weight is 288 g/mol. The number of amides is 1. The Bertz CT molecular complexity index is 664. The van der Waals surface area contributed by atoms with Crippen molar-refractivity contribution in [3.8, 4) is 11.5 Å². The molecule has 1 aromatic carbocycles. The van der Waals surface area contributed by atoms with Gasteiger partial charge in [-0.25, -0.2) is 5.43 Å². The van der Waals surface area contributed by atoms with Crippen LogP contribution >= 0.6 is 0 Å². The van der Waals surface area contributed by atoms with Crippen LogP contribution in [0.5, 0.6) is 11.5 Å². The zero-order valence-corrected chi connectivity index (χ0v) is 12.0. The van der Waals surface area contributed by atoms with Crippen molar-refractivity contribution >= 4 is 12.1 Å². The lowest BCUT2D eigenvalue weighted by Crippen LogP contribution is -2.18. The highest BCUT2D eigenvalue weighted by molar-refractivity contribution is 5.93. The Hall–Kier alpha value is -2.83. The van der Waals surface area contributed by atoms with Gasteiger partial charge < -0.3 is 9.47 Å². The summed E-state index contributed by atoms with van der Waals surface area (Å²) in [6.07, 6.45) is 3.20. The van der Waals surface area contributed by atoms with Gasteiger partial charge in [-0.05, 0) is 29.8 Å². The van der Waals surface area contributed by atoms with Crippen LogP contribution in [0.2, 0.25) is 0 Å². The van der Waals surface area contributed by atoms with Gasteiger partial charge in [-0.1, -0.05) is 0 Å². The largest absolute Gasteiger partial charge is 0.493 e. The molecule has 0 atom stereocenters. The molecule has 2 rings (SSSR count). The van der Waals surface area contributed by atoms with Crippen LogP contribution in [0.1, 0.15) is 16.1 Å². The third-order valence-corrected chi connectivity index (χ3v) is 2.73. The van der Waals surface area contributed by atoms with Crippen molar-refractivity contribution in [3.63, 3.8) is 0 Å². The number of carbonyl (C=O) groups is 1. The Morgan fingerprint density at radius 3 is 2.67 bits per heavy atom. The molecule has 2 aromatic rings. The van der Waals surface area contributed by atoms with Crippen molar-refractivity contribution in [1.29, 1.82) is 0 Å². The summed E-state index contributed by atoms with van der Waals surface area (Å²) >= 11 is 0. The molecule has 0 unspecified atom stereocenters. The van der Waals surface area contributed by atoms with Gasteiger partial charge in [-0.3, -0.25) is 9.48 Å². The minimum atomic E-state index is -0.368. The molecule has 110 valence electrons. The van der Waals surface area contributed by atoms with Crippen molar-refractivity contribution in [1.82, 2.24) is 15.2 Å². The second-order valence-electron chi connectivity index (χ2n) is 4.19. The maximum Gasteiger partial charge on any atom is 0.291 e. The lowest BCUT2D eigenvalue weighted by Gasteiger charge is -2.07. The Labute approximate surface area is 122 Å². The number of hydrazone groups is 1. The van der Waals surface area contributed by atoms with Gasteiger partial charge in [-0.2, -0.15) is 10.2 Å². The summed E-state index contributed by atoms with van der Waals surface area (Å²) in [5, 5.41) is 7.87. The number of hydrogen-bond donors (Lipinski definition) is 1. The van der Waals surface area contributed by atoms with E-state index in [1.54, 1.807) is 56.4 Å². The fourth-order valence-electron chi connectivity index (χ4n) is 1.69. The number of nitrogens with one attached hydrogen (secondary N) is 1. The van der Waals surface area contributed by atoms with Gasteiger partial charge in [0.25, 0.3) is 5.91 Å². The Balaban J connectivity index is 2.03. The topological polar surface area (TPSA) is 77.7 Å². The van der Waals surface area contributed by atoms with E-state index in [4.69, 9.17) is 9.47 Å². The van der Waals surface area contributed by atoms with Crippen molar-refractivity contribution in [3.05, 3.63) is 41.7 Å². The fourth-order valence-corrected chi connectivity index (χ4v) is 1.69. The molecule has 0 saturated heterocycles. The van der Waals surface area contributed by atoms with Gasteiger partial charge in [0, 0.05) is 13.2 Å². The standard InChI is InChI=1S/C14H16N4O3/c1-18-7-6-11(17-18)14(19)16-15-9-10-4-5-12(20-2)13(8-10)21-3/h4-9H,1-3H3,(H,16,19). The van der Waals surface area contributed by atoms with Crippen molar-refractivity contribution in [2.45, 2.75) is 0 Å².